The van der Waals surface area contributed by atoms with E-state index in [1.54, 1.807) is 24.3 Å². The number of oxime groups is 1. The van der Waals surface area contributed by atoms with Crippen molar-refractivity contribution in [3.63, 3.8) is 0 Å². The summed E-state index contributed by atoms with van der Waals surface area (Å²) in [4.78, 5) is 11.8. The van der Waals surface area contributed by atoms with E-state index < -0.39 is 0 Å². The molecular weight excluding hydrogens is 274 g/mol. The first kappa shape index (κ1) is 16.8. The van der Waals surface area contributed by atoms with Gasteiger partial charge < -0.3 is 25.7 Å². The number of anilines is 1. The minimum absolute atomic E-state index is 0.0575. The molecule has 4 N–H and O–H groups in total. The Labute approximate surface area is 123 Å². The van der Waals surface area contributed by atoms with E-state index in [4.69, 9.17) is 20.4 Å². The molecule has 0 fully saturated rings. The Hall–Kier alpha value is -2.28. The van der Waals surface area contributed by atoms with Gasteiger partial charge in [-0.3, -0.25) is 4.79 Å². The molecule has 1 rings (SSSR count). The van der Waals surface area contributed by atoms with Crippen molar-refractivity contribution >= 4 is 17.4 Å². The fraction of sp³-hybridized carbons (Fsp3) is 0.429. The molecule has 0 unspecified atom stereocenters. The van der Waals surface area contributed by atoms with Crippen LogP contribution >= 0.6 is 0 Å². The van der Waals surface area contributed by atoms with Crippen molar-refractivity contribution in [3.8, 4) is 5.75 Å². The van der Waals surface area contributed by atoms with Crippen molar-refractivity contribution in [1.82, 2.24) is 0 Å². The molecule has 1 aromatic carbocycles. The average molecular weight is 295 g/mol. The number of carbonyl (C=O) groups is 1. The summed E-state index contributed by atoms with van der Waals surface area (Å²) < 4.78 is 10.8. The molecule has 7 heteroatoms. The van der Waals surface area contributed by atoms with Crippen LogP contribution in [0.25, 0.3) is 0 Å². The van der Waals surface area contributed by atoms with E-state index in [1.165, 1.54) is 0 Å². The number of nitrogens with one attached hydrogen (secondary N) is 1. The first-order chi connectivity index (χ1) is 9.81. The van der Waals surface area contributed by atoms with Gasteiger partial charge in [-0.25, -0.2) is 0 Å². The fourth-order valence-corrected chi connectivity index (χ4v) is 1.34. The van der Waals surface area contributed by atoms with Gasteiger partial charge in [0.1, 0.15) is 19.0 Å². The third kappa shape index (κ3) is 6.62. The summed E-state index contributed by atoms with van der Waals surface area (Å²) in [7, 11) is 0. The minimum Gasteiger partial charge on any atom is -0.483 e. The topological polar surface area (TPSA) is 106 Å². The molecule has 1 amide bonds. The number of rotatable bonds is 6. The highest BCUT2D eigenvalue weighted by Gasteiger charge is 2.14. The van der Waals surface area contributed by atoms with Crippen LogP contribution in [0.3, 0.4) is 0 Å². The fourth-order valence-electron chi connectivity index (χ4n) is 1.34. The molecule has 116 valence electrons. The van der Waals surface area contributed by atoms with Gasteiger partial charge >= 0.3 is 0 Å². The molecule has 0 heterocycles. The van der Waals surface area contributed by atoms with Crippen LogP contribution in [0.2, 0.25) is 0 Å². The van der Waals surface area contributed by atoms with Crippen LogP contribution in [-0.4, -0.2) is 35.8 Å². The van der Waals surface area contributed by atoms with Crippen molar-refractivity contribution in [2.45, 2.75) is 26.4 Å². The highest BCUT2D eigenvalue weighted by Crippen LogP contribution is 2.23. The lowest BCUT2D eigenvalue weighted by Crippen LogP contribution is -2.27. The zero-order valence-electron chi connectivity index (χ0n) is 12.4. The maximum atomic E-state index is 11.8. The molecule has 0 atom stereocenters. The van der Waals surface area contributed by atoms with Crippen molar-refractivity contribution in [3.05, 3.63) is 24.3 Å². The monoisotopic (exact) mass is 295 g/mol. The van der Waals surface area contributed by atoms with E-state index in [-0.39, 0.29) is 30.6 Å². The number of amidine groups is 1. The largest absolute Gasteiger partial charge is 0.483 e. The molecule has 0 aliphatic carbocycles. The van der Waals surface area contributed by atoms with Crippen molar-refractivity contribution in [2.24, 2.45) is 10.9 Å². The second kappa shape index (κ2) is 7.49. The van der Waals surface area contributed by atoms with Crippen molar-refractivity contribution in [1.29, 1.82) is 0 Å². The van der Waals surface area contributed by atoms with Crippen LogP contribution < -0.4 is 15.8 Å². The van der Waals surface area contributed by atoms with Crippen LogP contribution in [0.1, 0.15) is 20.8 Å². The Morgan fingerprint density at radius 3 is 2.62 bits per heavy atom. The average Bonchev–Trinajstić information content (AvgIpc) is 2.43. The maximum absolute atomic E-state index is 11.8. The predicted molar refractivity (Wildman–Crippen MR) is 79.7 cm³/mol. The summed E-state index contributed by atoms with van der Waals surface area (Å²) in [6.07, 6.45) is 0. The Balaban J connectivity index is 2.64. The summed E-state index contributed by atoms with van der Waals surface area (Å²) in [5, 5.41) is 14.0. The minimum atomic E-state index is -0.389. The van der Waals surface area contributed by atoms with E-state index in [9.17, 15) is 4.79 Å². The molecule has 0 spiro atoms. The SMILES string of the molecule is CC(C)(C)OCC(=O)Nc1ccccc1OC/C(N)=N/O. The van der Waals surface area contributed by atoms with E-state index in [0.717, 1.165) is 0 Å². The maximum Gasteiger partial charge on any atom is 0.250 e. The van der Waals surface area contributed by atoms with Gasteiger partial charge in [-0.2, -0.15) is 0 Å². The van der Waals surface area contributed by atoms with Gasteiger partial charge in [0.05, 0.1) is 11.3 Å². The van der Waals surface area contributed by atoms with Gasteiger partial charge in [0.15, 0.2) is 5.84 Å². The lowest BCUT2D eigenvalue weighted by Gasteiger charge is -2.19. The van der Waals surface area contributed by atoms with E-state index in [2.05, 4.69) is 10.5 Å². The molecule has 0 aliphatic rings. The lowest BCUT2D eigenvalue weighted by molar-refractivity contribution is -0.125. The van der Waals surface area contributed by atoms with Gasteiger partial charge in [0, 0.05) is 0 Å². The first-order valence-electron chi connectivity index (χ1n) is 6.44. The molecule has 0 saturated heterocycles. The van der Waals surface area contributed by atoms with Gasteiger partial charge in [0.25, 0.3) is 0 Å². The van der Waals surface area contributed by atoms with Crippen molar-refractivity contribution in [2.75, 3.05) is 18.5 Å². The summed E-state index contributed by atoms with van der Waals surface area (Å²) in [6.45, 7) is 5.47. The normalized spacial score (nSPS) is 12.0. The molecule has 0 bridgehead atoms. The zero-order valence-corrected chi connectivity index (χ0v) is 12.4. The van der Waals surface area contributed by atoms with E-state index in [1.807, 2.05) is 20.8 Å². The van der Waals surface area contributed by atoms with Crippen LogP contribution in [-0.2, 0) is 9.53 Å². The lowest BCUT2D eigenvalue weighted by atomic mass is 10.2. The number of amides is 1. The van der Waals surface area contributed by atoms with Crippen LogP contribution in [0, 0.1) is 0 Å². The van der Waals surface area contributed by atoms with Gasteiger partial charge in [-0.1, -0.05) is 17.3 Å². The zero-order chi connectivity index (χ0) is 15.9. The number of nitrogens with zero attached hydrogens (tertiary/aromatic N) is 1. The van der Waals surface area contributed by atoms with Gasteiger partial charge in [0.2, 0.25) is 5.91 Å². The second-order valence-corrected chi connectivity index (χ2v) is 5.33. The molecule has 21 heavy (non-hydrogen) atoms. The highest BCUT2D eigenvalue weighted by molar-refractivity contribution is 5.93. The number of carbonyl (C=O) groups excluding carboxylic acids is 1. The van der Waals surface area contributed by atoms with Gasteiger partial charge in [-0.05, 0) is 32.9 Å². The molecule has 0 saturated carbocycles. The molecule has 0 aliphatic heterocycles. The summed E-state index contributed by atoms with van der Waals surface area (Å²) >= 11 is 0. The predicted octanol–water partition coefficient (Wildman–Crippen LogP) is 1.57. The quantitative estimate of drug-likeness (QED) is 0.319. The van der Waals surface area contributed by atoms with E-state index >= 15 is 0 Å². The Kier molecular flexibility index (Phi) is 5.98. The molecular formula is C14H21N3O4. The van der Waals surface area contributed by atoms with Crippen LogP contribution in [0.5, 0.6) is 5.75 Å². The first-order valence-corrected chi connectivity index (χ1v) is 6.44. The Morgan fingerprint density at radius 2 is 2.00 bits per heavy atom. The van der Waals surface area contributed by atoms with Crippen molar-refractivity contribution < 1.29 is 19.5 Å². The number of hydrogen-bond acceptors (Lipinski definition) is 5. The number of ether oxygens (including phenoxy) is 2. The summed E-state index contributed by atoms with van der Waals surface area (Å²) in [5.41, 5.74) is 5.44. The second-order valence-electron chi connectivity index (χ2n) is 5.33. The Bertz CT molecular complexity index is 509. The van der Waals surface area contributed by atoms with Crippen LogP contribution in [0.4, 0.5) is 5.69 Å². The van der Waals surface area contributed by atoms with Crippen LogP contribution in [0.15, 0.2) is 29.4 Å². The summed E-state index contributed by atoms with van der Waals surface area (Å²) in [6, 6.07) is 6.88. The number of para-hydroxylation sites is 2. The molecule has 1 aromatic rings. The molecule has 0 aromatic heterocycles. The molecule has 0 radical (unpaired) electrons. The Morgan fingerprint density at radius 1 is 1.33 bits per heavy atom. The number of nitrogens with two attached hydrogens (primary N) is 1. The standard InChI is InChI=1S/C14H21N3O4/c1-14(2,3)21-9-13(18)16-10-6-4-5-7-11(10)20-8-12(15)17-19/h4-7,19H,8-9H2,1-3H3,(H2,15,17)(H,16,18). The highest BCUT2D eigenvalue weighted by atomic mass is 16.5. The third-order valence-corrected chi connectivity index (χ3v) is 2.30. The smallest absolute Gasteiger partial charge is 0.250 e. The number of hydrogen-bond donors (Lipinski definition) is 3. The number of benzene rings is 1. The van der Waals surface area contributed by atoms with Gasteiger partial charge in [-0.15, -0.1) is 0 Å². The summed E-state index contributed by atoms with van der Waals surface area (Å²) in [5.74, 6) is 0.0742. The van der Waals surface area contributed by atoms with E-state index in [0.29, 0.717) is 11.4 Å². The molecule has 7 nitrogen and oxygen atoms in total. The third-order valence-electron chi connectivity index (χ3n) is 2.30.